The fourth-order valence-corrected chi connectivity index (χ4v) is 3.58. The number of halogens is 1. The maximum absolute atomic E-state index is 5.32. The van der Waals surface area contributed by atoms with Crippen LogP contribution in [-0.2, 0) is 6.54 Å². The molecule has 0 aliphatic heterocycles. The smallest absolute Gasteiger partial charge is 0.194 e. The molecule has 0 fully saturated rings. The van der Waals surface area contributed by atoms with Crippen molar-refractivity contribution in [3.05, 3.63) is 45.1 Å². The van der Waals surface area contributed by atoms with Gasteiger partial charge in [0, 0.05) is 22.8 Å². The van der Waals surface area contributed by atoms with Crippen molar-refractivity contribution >= 4 is 37.9 Å². The highest BCUT2D eigenvalue weighted by molar-refractivity contribution is 9.10. The molecule has 0 spiro atoms. The van der Waals surface area contributed by atoms with Gasteiger partial charge < -0.3 is 10.1 Å². The zero-order valence-electron chi connectivity index (χ0n) is 12.1. The molecular formula is C15H16BrN3OS. The summed E-state index contributed by atoms with van der Waals surface area (Å²) in [4.78, 5) is 6.92. The molecule has 0 atom stereocenters. The topological polar surface area (TPSA) is 38.6 Å². The largest absolute Gasteiger partial charge is 0.495 e. The molecule has 0 bridgehead atoms. The summed E-state index contributed by atoms with van der Waals surface area (Å²) >= 11 is 5.18. The lowest BCUT2D eigenvalue weighted by atomic mass is 10.2. The molecule has 0 aliphatic carbocycles. The van der Waals surface area contributed by atoms with Gasteiger partial charge in [0.2, 0.25) is 0 Å². The monoisotopic (exact) mass is 365 g/mol. The van der Waals surface area contributed by atoms with Gasteiger partial charge in [-0.05, 0) is 41.9 Å². The summed E-state index contributed by atoms with van der Waals surface area (Å²) < 4.78 is 8.43. The standard InChI is InChI=1S/C15H16BrN3OS/c1-9-8-19-13(10(2)18-15(19)21-9)7-17-11-4-5-12(16)14(6-11)20-3/h4-6,8,17H,7H2,1-3H3. The fourth-order valence-electron chi connectivity index (χ4n) is 2.28. The van der Waals surface area contributed by atoms with E-state index in [0.29, 0.717) is 0 Å². The van der Waals surface area contributed by atoms with E-state index >= 15 is 0 Å². The molecule has 0 unspecified atom stereocenters. The van der Waals surface area contributed by atoms with Crippen LogP contribution in [-0.4, -0.2) is 16.5 Å². The lowest BCUT2D eigenvalue weighted by Gasteiger charge is -2.09. The van der Waals surface area contributed by atoms with E-state index in [2.05, 4.69) is 43.8 Å². The number of aryl methyl sites for hydroxylation is 2. The van der Waals surface area contributed by atoms with Gasteiger partial charge in [-0.3, -0.25) is 4.40 Å². The number of hydrogen-bond acceptors (Lipinski definition) is 4. The van der Waals surface area contributed by atoms with Gasteiger partial charge in [-0.25, -0.2) is 4.98 Å². The SMILES string of the molecule is COc1cc(NCc2c(C)nc3sc(C)cn23)ccc1Br. The molecule has 0 saturated carbocycles. The minimum atomic E-state index is 0.730. The van der Waals surface area contributed by atoms with Crippen LogP contribution < -0.4 is 10.1 Å². The first-order valence-corrected chi connectivity index (χ1v) is 8.21. The maximum Gasteiger partial charge on any atom is 0.194 e. The van der Waals surface area contributed by atoms with E-state index in [1.807, 2.05) is 25.1 Å². The average Bonchev–Trinajstić information content (AvgIpc) is 2.93. The normalized spacial score (nSPS) is 11.0. The van der Waals surface area contributed by atoms with E-state index in [1.54, 1.807) is 18.4 Å². The van der Waals surface area contributed by atoms with Crippen molar-refractivity contribution in [1.29, 1.82) is 0 Å². The third-order valence-electron chi connectivity index (χ3n) is 3.35. The van der Waals surface area contributed by atoms with Crippen LogP contribution in [0.1, 0.15) is 16.3 Å². The second kappa shape index (κ2) is 5.69. The van der Waals surface area contributed by atoms with Crippen molar-refractivity contribution < 1.29 is 4.74 Å². The Labute approximate surface area is 135 Å². The summed E-state index contributed by atoms with van der Waals surface area (Å²) in [5.74, 6) is 0.821. The summed E-state index contributed by atoms with van der Waals surface area (Å²) in [6, 6.07) is 5.99. The Hall–Kier alpha value is -1.53. The van der Waals surface area contributed by atoms with Crippen LogP contribution in [0, 0.1) is 13.8 Å². The Bertz CT molecular complexity index is 794. The first-order valence-electron chi connectivity index (χ1n) is 6.60. The van der Waals surface area contributed by atoms with Crippen LogP contribution in [0.3, 0.4) is 0 Å². The Morgan fingerprint density at radius 3 is 2.95 bits per heavy atom. The number of thiazole rings is 1. The predicted octanol–water partition coefficient (Wildman–Crippen LogP) is 4.40. The lowest BCUT2D eigenvalue weighted by molar-refractivity contribution is 0.412. The number of hydrogen-bond donors (Lipinski definition) is 1. The van der Waals surface area contributed by atoms with Crippen LogP contribution >= 0.6 is 27.3 Å². The number of ether oxygens (including phenoxy) is 1. The van der Waals surface area contributed by atoms with Gasteiger partial charge in [-0.15, -0.1) is 11.3 Å². The molecule has 21 heavy (non-hydrogen) atoms. The number of anilines is 1. The molecule has 0 aliphatic rings. The molecule has 110 valence electrons. The third kappa shape index (κ3) is 2.78. The number of nitrogens with one attached hydrogen (secondary N) is 1. The Morgan fingerprint density at radius 1 is 1.38 bits per heavy atom. The molecule has 1 aromatic carbocycles. The van der Waals surface area contributed by atoms with Crippen LogP contribution in [0.4, 0.5) is 5.69 Å². The number of fused-ring (bicyclic) bond motifs is 1. The maximum atomic E-state index is 5.32. The number of rotatable bonds is 4. The molecule has 4 nitrogen and oxygen atoms in total. The Kier molecular flexibility index (Phi) is 3.91. The predicted molar refractivity (Wildman–Crippen MR) is 90.6 cm³/mol. The summed E-state index contributed by atoms with van der Waals surface area (Å²) in [6.45, 7) is 4.88. The summed E-state index contributed by atoms with van der Waals surface area (Å²) in [7, 11) is 1.67. The van der Waals surface area contributed by atoms with Crippen molar-refractivity contribution in [2.75, 3.05) is 12.4 Å². The van der Waals surface area contributed by atoms with Crippen LogP contribution in [0.25, 0.3) is 4.96 Å². The van der Waals surface area contributed by atoms with Crippen molar-refractivity contribution in [3.8, 4) is 5.75 Å². The van der Waals surface area contributed by atoms with Gasteiger partial charge in [0.15, 0.2) is 4.96 Å². The highest BCUT2D eigenvalue weighted by Crippen LogP contribution is 2.28. The van der Waals surface area contributed by atoms with E-state index in [-0.39, 0.29) is 0 Å². The molecule has 1 N–H and O–H groups in total. The van der Waals surface area contributed by atoms with Crippen LogP contribution in [0.15, 0.2) is 28.9 Å². The van der Waals surface area contributed by atoms with Crippen LogP contribution in [0.5, 0.6) is 5.75 Å². The molecule has 3 rings (SSSR count). The lowest BCUT2D eigenvalue weighted by Crippen LogP contribution is -2.03. The number of benzene rings is 1. The van der Waals surface area contributed by atoms with E-state index in [9.17, 15) is 0 Å². The van der Waals surface area contributed by atoms with E-state index in [0.717, 1.165) is 33.1 Å². The number of imidazole rings is 1. The number of aromatic nitrogens is 2. The first-order chi connectivity index (χ1) is 10.1. The number of methoxy groups -OCH3 is 1. The molecule has 0 radical (unpaired) electrons. The van der Waals surface area contributed by atoms with E-state index < -0.39 is 0 Å². The van der Waals surface area contributed by atoms with Crippen molar-refractivity contribution in [1.82, 2.24) is 9.38 Å². The summed E-state index contributed by atoms with van der Waals surface area (Å²) in [6.07, 6.45) is 2.14. The van der Waals surface area contributed by atoms with Gasteiger partial charge in [-0.2, -0.15) is 0 Å². The second-order valence-corrected chi connectivity index (χ2v) is 6.91. The highest BCUT2D eigenvalue weighted by atomic mass is 79.9. The summed E-state index contributed by atoms with van der Waals surface area (Å²) in [5, 5.41) is 3.43. The van der Waals surface area contributed by atoms with Gasteiger partial charge in [0.25, 0.3) is 0 Å². The zero-order chi connectivity index (χ0) is 15.0. The van der Waals surface area contributed by atoms with Gasteiger partial charge in [0.05, 0.1) is 29.5 Å². The molecule has 2 aromatic heterocycles. The summed E-state index contributed by atoms with van der Waals surface area (Å²) in [5.41, 5.74) is 3.28. The van der Waals surface area contributed by atoms with Crippen LogP contribution in [0.2, 0.25) is 0 Å². The quantitative estimate of drug-likeness (QED) is 0.744. The van der Waals surface area contributed by atoms with E-state index in [1.165, 1.54) is 10.6 Å². The average molecular weight is 366 g/mol. The van der Waals surface area contributed by atoms with E-state index in [4.69, 9.17) is 4.74 Å². The van der Waals surface area contributed by atoms with Crippen molar-refractivity contribution in [3.63, 3.8) is 0 Å². The molecule has 2 heterocycles. The second-order valence-electron chi connectivity index (χ2n) is 4.84. The molecular weight excluding hydrogens is 350 g/mol. The van der Waals surface area contributed by atoms with Gasteiger partial charge in [-0.1, -0.05) is 0 Å². The molecule has 6 heteroatoms. The van der Waals surface area contributed by atoms with Crippen molar-refractivity contribution in [2.45, 2.75) is 20.4 Å². The van der Waals surface area contributed by atoms with Crippen molar-refractivity contribution in [2.24, 2.45) is 0 Å². The highest BCUT2D eigenvalue weighted by Gasteiger charge is 2.11. The number of nitrogens with zero attached hydrogens (tertiary/aromatic N) is 2. The van der Waals surface area contributed by atoms with Gasteiger partial charge in [0.1, 0.15) is 5.75 Å². The third-order valence-corrected chi connectivity index (χ3v) is 4.91. The molecule has 3 aromatic rings. The molecule has 0 amide bonds. The minimum absolute atomic E-state index is 0.730. The first kappa shape index (κ1) is 14.4. The minimum Gasteiger partial charge on any atom is -0.495 e. The fraction of sp³-hybridized carbons (Fsp3) is 0.267. The Morgan fingerprint density at radius 2 is 2.19 bits per heavy atom. The molecule has 0 saturated heterocycles. The Balaban J connectivity index is 1.84. The zero-order valence-corrected chi connectivity index (χ0v) is 14.5. The van der Waals surface area contributed by atoms with Gasteiger partial charge >= 0.3 is 0 Å².